The average Bonchev–Trinajstić information content (AvgIpc) is 3.37. The number of urea groups is 1. The molecule has 0 aliphatic rings. The van der Waals surface area contributed by atoms with Gasteiger partial charge in [-0.3, -0.25) is 10.0 Å². The number of amides is 2. The van der Waals surface area contributed by atoms with Crippen molar-refractivity contribution in [1.82, 2.24) is 9.88 Å². The molecule has 1 heterocycles. The Morgan fingerprint density at radius 2 is 1.53 bits per heavy atom. The Hall–Kier alpha value is -3.69. The van der Waals surface area contributed by atoms with Crippen LogP contribution in [-0.4, -0.2) is 43.7 Å². The summed E-state index contributed by atoms with van der Waals surface area (Å²) < 4.78 is 25.3. The van der Waals surface area contributed by atoms with E-state index in [1.165, 1.54) is 22.5 Å². The van der Waals surface area contributed by atoms with Crippen LogP contribution in [0.3, 0.4) is 0 Å². The smallest absolute Gasteiger partial charge is 0.323 e. The van der Waals surface area contributed by atoms with Gasteiger partial charge in [-0.05, 0) is 36.1 Å². The minimum absolute atomic E-state index is 0.166. The second kappa shape index (κ2) is 12.7. The van der Waals surface area contributed by atoms with Crippen molar-refractivity contribution in [3.63, 3.8) is 0 Å². The van der Waals surface area contributed by atoms with E-state index in [4.69, 9.17) is 0 Å². The van der Waals surface area contributed by atoms with Crippen LogP contribution in [-0.2, 0) is 10.0 Å². The molecule has 9 heteroatoms. The first kappa shape index (κ1) is 27.3. The van der Waals surface area contributed by atoms with E-state index >= 15 is 0 Å². The summed E-state index contributed by atoms with van der Waals surface area (Å²) in [5.74, 6) is 0.191. The third kappa shape index (κ3) is 7.66. The maximum Gasteiger partial charge on any atom is 0.323 e. The first-order valence-corrected chi connectivity index (χ1v) is 15.3. The standard InChI is InChI=1S/C29H32N4O3S2/c1-3-19-33(20-18-26(22-10-6-4-7-11-22)23-12-8-5-9-13-23)29(34)31-28-30-27(21-37-28)24-14-16-25(17-15-24)32-38(2,35)36/h4-17,21,26,32H,3,18-20H2,1-2H3,(H,30,31,34). The van der Waals surface area contributed by atoms with E-state index in [0.29, 0.717) is 29.6 Å². The highest BCUT2D eigenvalue weighted by molar-refractivity contribution is 7.92. The first-order chi connectivity index (χ1) is 18.3. The van der Waals surface area contributed by atoms with Crippen LogP contribution in [0.5, 0.6) is 0 Å². The van der Waals surface area contributed by atoms with E-state index in [-0.39, 0.29) is 11.9 Å². The van der Waals surface area contributed by atoms with Gasteiger partial charge in [0, 0.05) is 35.6 Å². The predicted molar refractivity (Wildman–Crippen MR) is 156 cm³/mol. The van der Waals surface area contributed by atoms with Crippen molar-refractivity contribution in [2.24, 2.45) is 0 Å². The number of carbonyl (C=O) groups is 1. The van der Waals surface area contributed by atoms with Gasteiger partial charge in [-0.25, -0.2) is 18.2 Å². The van der Waals surface area contributed by atoms with E-state index in [0.717, 1.165) is 24.7 Å². The predicted octanol–water partition coefficient (Wildman–Crippen LogP) is 6.65. The number of hydrogen-bond donors (Lipinski definition) is 2. The van der Waals surface area contributed by atoms with Gasteiger partial charge in [-0.15, -0.1) is 11.3 Å². The van der Waals surface area contributed by atoms with Crippen LogP contribution in [0.15, 0.2) is 90.3 Å². The zero-order chi connectivity index (χ0) is 27.0. The largest absolute Gasteiger partial charge is 0.324 e. The van der Waals surface area contributed by atoms with Gasteiger partial charge in [0.15, 0.2) is 5.13 Å². The number of carbonyl (C=O) groups excluding carboxylic acids is 1. The molecule has 0 fully saturated rings. The van der Waals surface area contributed by atoms with Crippen LogP contribution in [0.1, 0.15) is 36.8 Å². The fourth-order valence-electron chi connectivity index (χ4n) is 4.32. The summed E-state index contributed by atoms with van der Waals surface area (Å²) >= 11 is 1.36. The van der Waals surface area contributed by atoms with Crippen LogP contribution < -0.4 is 10.0 Å². The molecule has 0 saturated heterocycles. The Kier molecular flexibility index (Phi) is 9.15. The number of anilines is 2. The topological polar surface area (TPSA) is 91.4 Å². The summed E-state index contributed by atoms with van der Waals surface area (Å²) in [5, 5.41) is 5.36. The number of hydrogen-bond acceptors (Lipinski definition) is 5. The van der Waals surface area contributed by atoms with Gasteiger partial charge in [-0.2, -0.15) is 0 Å². The fraction of sp³-hybridized carbons (Fsp3) is 0.241. The quantitative estimate of drug-likeness (QED) is 0.220. The number of nitrogens with one attached hydrogen (secondary N) is 2. The Morgan fingerprint density at radius 3 is 2.08 bits per heavy atom. The van der Waals surface area contributed by atoms with Crippen molar-refractivity contribution in [3.8, 4) is 11.3 Å². The van der Waals surface area contributed by atoms with Crippen LogP contribution >= 0.6 is 11.3 Å². The van der Waals surface area contributed by atoms with Gasteiger partial charge in [0.05, 0.1) is 11.9 Å². The monoisotopic (exact) mass is 548 g/mol. The molecule has 2 amide bonds. The molecule has 3 aromatic carbocycles. The summed E-state index contributed by atoms with van der Waals surface area (Å²) in [6.45, 7) is 3.33. The van der Waals surface area contributed by atoms with Crippen molar-refractivity contribution < 1.29 is 13.2 Å². The number of sulfonamides is 1. The van der Waals surface area contributed by atoms with Crippen LogP contribution in [0.4, 0.5) is 15.6 Å². The Balaban J connectivity index is 1.42. The van der Waals surface area contributed by atoms with E-state index < -0.39 is 10.0 Å². The van der Waals surface area contributed by atoms with Gasteiger partial charge in [0.2, 0.25) is 10.0 Å². The lowest BCUT2D eigenvalue weighted by Crippen LogP contribution is -2.37. The van der Waals surface area contributed by atoms with Crippen LogP contribution in [0.2, 0.25) is 0 Å². The molecule has 0 atom stereocenters. The summed E-state index contributed by atoms with van der Waals surface area (Å²) in [7, 11) is -3.33. The van der Waals surface area contributed by atoms with E-state index in [2.05, 4.69) is 70.5 Å². The lowest BCUT2D eigenvalue weighted by molar-refractivity contribution is 0.210. The highest BCUT2D eigenvalue weighted by Crippen LogP contribution is 2.29. The van der Waals surface area contributed by atoms with Gasteiger partial charge >= 0.3 is 6.03 Å². The molecule has 38 heavy (non-hydrogen) atoms. The normalized spacial score (nSPS) is 11.3. The SMILES string of the molecule is CCCN(CCC(c1ccccc1)c1ccccc1)C(=O)Nc1nc(-c2ccc(NS(C)(=O)=O)cc2)cs1. The third-order valence-corrected chi connectivity index (χ3v) is 7.44. The Bertz CT molecular complexity index is 1380. The molecule has 0 bridgehead atoms. The summed E-state index contributed by atoms with van der Waals surface area (Å²) in [5.41, 5.74) is 4.50. The zero-order valence-corrected chi connectivity index (χ0v) is 23.1. The molecular formula is C29H32N4O3S2. The molecule has 4 rings (SSSR count). The number of aromatic nitrogens is 1. The highest BCUT2D eigenvalue weighted by Gasteiger charge is 2.19. The van der Waals surface area contributed by atoms with E-state index in [1.54, 1.807) is 24.3 Å². The second-order valence-electron chi connectivity index (χ2n) is 9.07. The van der Waals surface area contributed by atoms with Crippen molar-refractivity contribution >= 4 is 38.2 Å². The lowest BCUT2D eigenvalue weighted by atomic mass is 9.88. The van der Waals surface area contributed by atoms with Crippen LogP contribution in [0, 0.1) is 0 Å². The molecule has 1 aromatic heterocycles. The van der Waals surface area contributed by atoms with Crippen LogP contribution in [0.25, 0.3) is 11.3 Å². The van der Waals surface area contributed by atoms with Gasteiger partial charge in [0.25, 0.3) is 0 Å². The average molecular weight is 549 g/mol. The second-order valence-corrected chi connectivity index (χ2v) is 11.7. The number of benzene rings is 3. The molecule has 7 nitrogen and oxygen atoms in total. The molecule has 0 aliphatic carbocycles. The number of nitrogens with zero attached hydrogens (tertiary/aromatic N) is 2. The van der Waals surface area contributed by atoms with E-state index in [1.807, 2.05) is 22.4 Å². The molecule has 0 spiro atoms. The minimum Gasteiger partial charge on any atom is -0.324 e. The summed E-state index contributed by atoms with van der Waals surface area (Å²) in [6, 6.07) is 27.6. The maximum absolute atomic E-state index is 13.2. The van der Waals surface area contributed by atoms with Gasteiger partial charge in [0.1, 0.15) is 0 Å². The van der Waals surface area contributed by atoms with Crippen molar-refractivity contribution in [3.05, 3.63) is 101 Å². The Morgan fingerprint density at radius 1 is 0.921 bits per heavy atom. The molecular weight excluding hydrogens is 516 g/mol. The molecule has 4 aromatic rings. The Labute approximate surface area is 228 Å². The summed E-state index contributed by atoms with van der Waals surface area (Å²) in [4.78, 5) is 19.7. The summed E-state index contributed by atoms with van der Waals surface area (Å²) in [6.07, 6.45) is 2.77. The lowest BCUT2D eigenvalue weighted by Gasteiger charge is -2.25. The zero-order valence-electron chi connectivity index (χ0n) is 21.5. The molecule has 0 saturated carbocycles. The first-order valence-electron chi connectivity index (χ1n) is 12.5. The van der Waals surface area contributed by atoms with Crippen molar-refractivity contribution in [2.45, 2.75) is 25.7 Å². The van der Waals surface area contributed by atoms with Crippen molar-refractivity contribution in [2.75, 3.05) is 29.4 Å². The van der Waals surface area contributed by atoms with E-state index in [9.17, 15) is 13.2 Å². The highest BCUT2D eigenvalue weighted by atomic mass is 32.2. The molecule has 0 unspecified atom stereocenters. The van der Waals surface area contributed by atoms with Gasteiger partial charge in [-0.1, -0.05) is 79.7 Å². The number of rotatable bonds is 11. The molecule has 0 radical (unpaired) electrons. The number of thiazole rings is 1. The molecule has 0 aliphatic heterocycles. The molecule has 198 valence electrons. The third-order valence-electron chi connectivity index (χ3n) is 6.07. The van der Waals surface area contributed by atoms with Crippen molar-refractivity contribution in [1.29, 1.82) is 0 Å². The molecule has 2 N–H and O–H groups in total. The fourth-order valence-corrected chi connectivity index (χ4v) is 5.60. The maximum atomic E-state index is 13.2. The van der Waals surface area contributed by atoms with Gasteiger partial charge < -0.3 is 4.90 Å². The minimum atomic E-state index is -3.33.